The van der Waals surface area contributed by atoms with E-state index >= 15 is 0 Å². The summed E-state index contributed by atoms with van der Waals surface area (Å²) < 4.78 is 0. The van der Waals surface area contributed by atoms with Crippen LogP contribution in [-0.2, 0) is 4.79 Å². The maximum Gasteiger partial charge on any atom is 0.145 e. The van der Waals surface area contributed by atoms with E-state index in [9.17, 15) is 4.79 Å². The van der Waals surface area contributed by atoms with Crippen LogP contribution < -0.4 is 5.19 Å². The summed E-state index contributed by atoms with van der Waals surface area (Å²) in [6, 6.07) is 10.5. The summed E-state index contributed by atoms with van der Waals surface area (Å²) in [7, 11) is -1.61. The molecule has 0 aliphatic carbocycles. The van der Waals surface area contributed by atoms with Crippen molar-refractivity contribution in [1.82, 2.24) is 0 Å². The van der Waals surface area contributed by atoms with Crippen LogP contribution in [0.3, 0.4) is 0 Å². The van der Waals surface area contributed by atoms with Crippen LogP contribution in [0.2, 0.25) is 13.1 Å². The summed E-state index contributed by atoms with van der Waals surface area (Å²) in [5.74, 6) is 0. The van der Waals surface area contributed by atoms with E-state index in [4.69, 9.17) is 0 Å². The maximum absolute atomic E-state index is 11.1. The molecule has 0 bridgehead atoms. The highest BCUT2D eigenvalue weighted by Gasteiger charge is 2.20. The average Bonchev–Trinajstić information content (AvgIpc) is 2.35. The fourth-order valence-corrected chi connectivity index (χ4v) is 4.32. The second-order valence-corrected chi connectivity index (χ2v) is 9.34. The molecule has 0 spiro atoms. The Morgan fingerprint density at radius 2 is 1.88 bits per heavy atom. The van der Waals surface area contributed by atoms with E-state index in [1.54, 1.807) is 0 Å². The van der Waals surface area contributed by atoms with Gasteiger partial charge in [-0.3, -0.25) is 4.79 Å². The molecule has 0 fully saturated rings. The van der Waals surface area contributed by atoms with E-state index in [0.717, 1.165) is 31.1 Å². The van der Waals surface area contributed by atoms with E-state index in [1.807, 2.05) is 6.07 Å². The molecule has 1 rings (SSSR count). The number of carbonyl (C=O) groups is 1. The molecule has 0 unspecified atom stereocenters. The molecule has 0 saturated carbocycles. The first-order valence-electron chi connectivity index (χ1n) is 6.32. The Bertz CT molecular complexity index is 379. The minimum absolute atomic E-state index is 0.920. The van der Waals surface area contributed by atoms with Crippen molar-refractivity contribution >= 4 is 19.5 Å². The Hall–Kier alpha value is -1.15. The van der Waals surface area contributed by atoms with Gasteiger partial charge in [0.15, 0.2) is 0 Å². The summed E-state index contributed by atoms with van der Waals surface area (Å²) >= 11 is 0. The summed E-state index contributed by atoms with van der Waals surface area (Å²) in [6.45, 7) is 6.73. The molecule has 1 aromatic rings. The zero-order valence-corrected chi connectivity index (χ0v) is 12.1. The number of allylic oxidation sites excluding steroid dienone is 1. The molecule has 1 nitrogen and oxygen atoms in total. The van der Waals surface area contributed by atoms with Gasteiger partial charge in [-0.05, 0) is 18.4 Å². The SMILES string of the molecule is CCCC/C(C=O)=C/[Si](C)(C)c1ccccc1. The predicted octanol–water partition coefficient (Wildman–Crippen LogP) is 3.46. The van der Waals surface area contributed by atoms with Crippen LogP contribution in [0, 0.1) is 0 Å². The highest BCUT2D eigenvalue weighted by atomic mass is 28.3. The Labute approximate surface area is 106 Å². The molecule has 92 valence electrons. The van der Waals surface area contributed by atoms with Gasteiger partial charge in [-0.15, -0.1) is 0 Å². The highest BCUT2D eigenvalue weighted by Crippen LogP contribution is 2.12. The Morgan fingerprint density at radius 3 is 2.41 bits per heavy atom. The van der Waals surface area contributed by atoms with Crippen molar-refractivity contribution in [2.45, 2.75) is 39.3 Å². The van der Waals surface area contributed by atoms with Crippen LogP contribution in [0.25, 0.3) is 0 Å². The second-order valence-electron chi connectivity index (χ2n) is 5.03. The molecular formula is C15H22OSi. The normalized spacial score (nSPS) is 12.5. The maximum atomic E-state index is 11.1. The minimum Gasteiger partial charge on any atom is -0.298 e. The molecule has 0 N–H and O–H groups in total. The summed E-state index contributed by atoms with van der Waals surface area (Å²) in [5.41, 5.74) is 3.22. The van der Waals surface area contributed by atoms with Crippen LogP contribution in [-0.4, -0.2) is 14.4 Å². The third kappa shape index (κ3) is 4.31. The zero-order chi connectivity index (χ0) is 12.7. The van der Waals surface area contributed by atoms with Crippen molar-refractivity contribution in [3.63, 3.8) is 0 Å². The van der Waals surface area contributed by atoms with Gasteiger partial charge >= 0.3 is 0 Å². The largest absolute Gasteiger partial charge is 0.298 e. The summed E-state index contributed by atoms with van der Waals surface area (Å²) in [4.78, 5) is 11.1. The van der Waals surface area contributed by atoms with Crippen molar-refractivity contribution in [3.8, 4) is 0 Å². The van der Waals surface area contributed by atoms with Crippen LogP contribution in [0.15, 0.2) is 41.6 Å². The minimum atomic E-state index is -1.61. The molecule has 0 atom stereocenters. The van der Waals surface area contributed by atoms with E-state index in [0.29, 0.717) is 0 Å². The van der Waals surface area contributed by atoms with Gasteiger partial charge in [0.1, 0.15) is 14.4 Å². The first-order chi connectivity index (χ1) is 8.10. The molecule has 1 aromatic carbocycles. The van der Waals surface area contributed by atoms with Crippen molar-refractivity contribution in [3.05, 3.63) is 41.6 Å². The van der Waals surface area contributed by atoms with E-state index in [1.165, 1.54) is 5.19 Å². The fourth-order valence-electron chi connectivity index (χ4n) is 1.96. The first-order valence-corrected chi connectivity index (χ1v) is 9.40. The van der Waals surface area contributed by atoms with Gasteiger partial charge in [0.25, 0.3) is 0 Å². The third-order valence-electron chi connectivity index (χ3n) is 3.03. The van der Waals surface area contributed by atoms with E-state index in [2.05, 4.69) is 50.0 Å². The highest BCUT2D eigenvalue weighted by molar-refractivity contribution is 6.94. The van der Waals surface area contributed by atoms with Crippen LogP contribution in [0.5, 0.6) is 0 Å². The van der Waals surface area contributed by atoms with Crippen molar-refractivity contribution in [2.24, 2.45) is 0 Å². The third-order valence-corrected chi connectivity index (χ3v) is 5.95. The molecule has 2 heteroatoms. The molecule has 17 heavy (non-hydrogen) atoms. The first kappa shape index (κ1) is 13.9. The zero-order valence-electron chi connectivity index (χ0n) is 11.1. The standard InChI is InChI=1S/C15H22OSi/c1-4-5-9-14(12-16)13-17(2,3)15-10-7-6-8-11-15/h6-8,10-13H,4-5,9H2,1-3H3/b14-13-. The van der Waals surface area contributed by atoms with Gasteiger partial charge in [-0.2, -0.15) is 0 Å². The van der Waals surface area contributed by atoms with Crippen LogP contribution in [0.1, 0.15) is 26.2 Å². The van der Waals surface area contributed by atoms with E-state index in [-0.39, 0.29) is 0 Å². The monoisotopic (exact) mass is 246 g/mol. The van der Waals surface area contributed by atoms with Crippen LogP contribution in [0.4, 0.5) is 0 Å². The lowest BCUT2D eigenvalue weighted by atomic mass is 10.1. The number of rotatable bonds is 6. The number of unbranched alkanes of at least 4 members (excludes halogenated alkanes) is 1. The summed E-state index contributed by atoms with van der Waals surface area (Å²) in [6.07, 6.45) is 4.19. The number of benzene rings is 1. The van der Waals surface area contributed by atoms with Gasteiger partial charge < -0.3 is 0 Å². The Kier molecular flexibility index (Phi) is 5.36. The molecule has 0 amide bonds. The lowest BCUT2D eigenvalue weighted by Gasteiger charge is -2.19. The van der Waals surface area contributed by atoms with Gasteiger partial charge in [0, 0.05) is 0 Å². The second kappa shape index (κ2) is 6.55. The molecular weight excluding hydrogens is 224 g/mol. The summed E-state index contributed by atoms with van der Waals surface area (Å²) in [5, 5.41) is 1.39. The quantitative estimate of drug-likeness (QED) is 0.427. The van der Waals surface area contributed by atoms with Gasteiger partial charge in [-0.1, -0.05) is 67.7 Å². The van der Waals surface area contributed by atoms with Gasteiger partial charge in [0.2, 0.25) is 0 Å². The smallest absolute Gasteiger partial charge is 0.145 e. The van der Waals surface area contributed by atoms with Crippen molar-refractivity contribution < 1.29 is 4.79 Å². The molecule has 0 aliphatic rings. The lowest BCUT2D eigenvalue weighted by Crippen LogP contribution is -2.39. The molecule has 0 heterocycles. The predicted molar refractivity (Wildman–Crippen MR) is 77.2 cm³/mol. The van der Waals surface area contributed by atoms with E-state index < -0.39 is 8.07 Å². The average molecular weight is 246 g/mol. The lowest BCUT2D eigenvalue weighted by molar-refractivity contribution is -0.105. The molecule has 0 radical (unpaired) electrons. The Morgan fingerprint density at radius 1 is 1.24 bits per heavy atom. The molecule has 0 saturated heterocycles. The topological polar surface area (TPSA) is 17.1 Å². The molecule has 0 aromatic heterocycles. The number of hydrogen-bond acceptors (Lipinski definition) is 1. The Balaban J connectivity index is 2.89. The van der Waals surface area contributed by atoms with Crippen molar-refractivity contribution in [2.75, 3.05) is 0 Å². The van der Waals surface area contributed by atoms with Gasteiger partial charge in [0.05, 0.1) is 0 Å². The van der Waals surface area contributed by atoms with Gasteiger partial charge in [-0.25, -0.2) is 0 Å². The number of carbonyl (C=O) groups excluding carboxylic acids is 1. The van der Waals surface area contributed by atoms with Crippen LogP contribution >= 0.6 is 0 Å². The molecule has 0 aliphatic heterocycles. The number of aldehydes is 1. The fraction of sp³-hybridized carbons (Fsp3) is 0.400. The number of hydrogen-bond donors (Lipinski definition) is 0. The van der Waals surface area contributed by atoms with Crippen molar-refractivity contribution in [1.29, 1.82) is 0 Å².